The second kappa shape index (κ2) is 7.44. The minimum Gasteiger partial charge on any atom is -0.334 e. The Morgan fingerprint density at radius 3 is 2.77 bits per heavy atom. The highest BCUT2D eigenvalue weighted by Gasteiger charge is 2.38. The van der Waals surface area contributed by atoms with Gasteiger partial charge in [-0.1, -0.05) is 6.07 Å². The Balaban J connectivity index is 1.38. The van der Waals surface area contributed by atoms with Gasteiger partial charge in [-0.25, -0.2) is 0 Å². The van der Waals surface area contributed by atoms with Gasteiger partial charge in [-0.05, 0) is 48.2 Å². The zero-order valence-electron chi connectivity index (χ0n) is 17.2. The van der Waals surface area contributed by atoms with Crippen LogP contribution in [0.4, 0.5) is 13.2 Å². The van der Waals surface area contributed by atoms with Gasteiger partial charge >= 0.3 is 6.18 Å². The summed E-state index contributed by atoms with van der Waals surface area (Å²) in [7, 11) is 0. The van der Waals surface area contributed by atoms with Crippen molar-refractivity contribution in [2.24, 2.45) is 4.99 Å². The first kappa shape index (κ1) is 20.2. The lowest BCUT2D eigenvalue weighted by molar-refractivity contribution is -0.144. The van der Waals surface area contributed by atoms with Gasteiger partial charge in [0.1, 0.15) is 0 Å². The molecule has 0 saturated carbocycles. The summed E-state index contributed by atoms with van der Waals surface area (Å²) in [6.45, 7) is 2.69. The van der Waals surface area contributed by atoms with Crippen LogP contribution in [0.15, 0.2) is 35.5 Å². The Morgan fingerprint density at radius 1 is 1.16 bits per heavy atom. The molecule has 1 saturated heterocycles. The number of pyridine rings is 1. The number of halogens is 3. The van der Waals surface area contributed by atoms with Crippen molar-refractivity contribution >= 4 is 11.6 Å². The fourth-order valence-electron chi connectivity index (χ4n) is 4.93. The minimum absolute atomic E-state index is 0.00444. The van der Waals surface area contributed by atoms with E-state index in [1.807, 2.05) is 19.1 Å². The normalized spacial score (nSPS) is 21.3. The smallest absolute Gasteiger partial charge is 0.334 e. The average molecular weight is 428 g/mol. The highest BCUT2D eigenvalue weighted by molar-refractivity contribution is 6.15. The van der Waals surface area contributed by atoms with Crippen LogP contribution in [-0.4, -0.2) is 58.3 Å². The average Bonchev–Trinajstić information content (AvgIpc) is 3.31. The minimum atomic E-state index is -4.21. The molecule has 162 valence electrons. The Bertz CT molecular complexity index is 1080. The van der Waals surface area contributed by atoms with Gasteiger partial charge in [0.15, 0.2) is 0 Å². The van der Waals surface area contributed by atoms with Crippen molar-refractivity contribution in [2.75, 3.05) is 19.6 Å². The van der Waals surface area contributed by atoms with E-state index in [1.54, 1.807) is 11.1 Å². The summed E-state index contributed by atoms with van der Waals surface area (Å²) in [5.74, 6) is -0.00444. The van der Waals surface area contributed by atoms with Crippen molar-refractivity contribution < 1.29 is 18.0 Å². The van der Waals surface area contributed by atoms with Crippen molar-refractivity contribution in [3.8, 4) is 0 Å². The van der Waals surface area contributed by atoms with E-state index in [2.05, 4.69) is 17.1 Å². The van der Waals surface area contributed by atoms with Crippen LogP contribution in [-0.2, 0) is 24.3 Å². The molecule has 4 heterocycles. The summed E-state index contributed by atoms with van der Waals surface area (Å²) >= 11 is 0. The van der Waals surface area contributed by atoms with Gasteiger partial charge in [0.25, 0.3) is 0 Å². The number of amides is 1. The first-order chi connectivity index (χ1) is 14.8. The lowest BCUT2D eigenvalue weighted by Gasteiger charge is -2.34. The molecular weight excluding hydrogens is 405 g/mol. The maximum Gasteiger partial charge on any atom is 0.401 e. The van der Waals surface area contributed by atoms with Crippen molar-refractivity contribution in [3.63, 3.8) is 0 Å². The van der Waals surface area contributed by atoms with Crippen LogP contribution >= 0.6 is 0 Å². The monoisotopic (exact) mass is 428 g/mol. The molecule has 1 atom stereocenters. The first-order valence-corrected chi connectivity index (χ1v) is 10.5. The number of benzene rings is 1. The van der Waals surface area contributed by atoms with E-state index in [9.17, 15) is 18.0 Å². The van der Waals surface area contributed by atoms with Crippen LogP contribution < -0.4 is 0 Å². The van der Waals surface area contributed by atoms with Gasteiger partial charge in [-0.3, -0.25) is 19.7 Å². The number of hydrogen-bond acceptors (Lipinski definition) is 4. The molecular formula is C23H23F3N4O. The van der Waals surface area contributed by atoms with E-state index in [-0.39, 0.29) is 18.5 Å². The number of alkyl halides is 3. The fraction of sp³-hybridized carbons (Fsp3) is 0.435. The van der Waals surface area contributed by atoms with Gasteiger partial charge < -0.3 is 4.90 Å². The van der Waals surface area contributed by atoms with Crippen LogP contribution in [0.2, 0.25) is 0 Å². The Labute approximate surface area is 178 Å². The number of carbonyl (C=O) groups excluding carboxylic acids is 1. The van der Waals surface area contributed by atoms with E-state index in [0.717, 1.165) is 39.2 Å². The van der Waals surface area contributed by atoms with Crippen molar-refractivity contribution in [1.82, 2.24) is 14.8 Å². The number of aryl methyl sites for hydroxylation is 1. The van der Waals surface area contributed by atoms with Crippen molar-refractivity contribution in [3.05, 3.63) is 64.0 Å². The molecule has 2 aromatic rings. The van der Waals surface area contributed by atoms with E-state index in [1.165, 1.54) is 4.90 Å². The Kier molecular flexibility index (Phi) is 4.84. The molecule has 31 heavy (non-hydrogen) atoms. The SMILES string of the molecule is Cc1cc(C2=NCc3cc4c(cc32)CN([C@H]2CCN(CC(F)(F)F)C2)C(=O)C4)ccn1. The molecule has 5 nitrogen and oxygen atoms in total. The molecule has 3 aliphatic rings. The van der Waals surface area contributed by atoms with Crippen LogP contribution in [0.3, 0.4) is 0 Å². The molecule has 1 amide bonds. The molecule has 3 aliphatic heterocycles. The summed E-state index contributed by atoms with van der Waals surface area (Å²) < 4.78 is 38.2. The number of aliphatic imine (C=N–C) groups is 1. The van der Waals surface area contributed by atoms with Gasteiger partial charge in [0, 0.05) is 48.7 Å². The summed E-state index contributed by atoms with van der Waals surface area (Å²) in [5, 5.41) is 0. The zero-order valence-corrected chi connectivity index (χ0v) is 17.2. The van der Waals surface area contributed by atoms with E-state index >= 15 is 0 Å². The Hall–Kier alpha value is -2.74. The standard InChI is InChI=1S/C23H23F3N4O/c1-14-6-15(2-4-27-14)22-20-8-18-11-30(19-3-5-29(12-19)13-23(24,25)26)21(31)9-16(18)7-17(20)10-28-22/h2,4,6-8,19H,3,5,9-13H2,1H3/t19-/m0/s1. The summed E-state index contributed by atoms with van der Waals surface area (Å²) in [5.41, 5.74) is 7.14. The number of fused-ring (bicyclic) bond motifs is 2. The molecule has 0 radical (unpaired) electrons. The van der Waals surface area contributed by atoms with Crippen LogP contribution in [0, 0.1) is 6.92 Å². The van der Waals surface area contributed by atoms with Crippen molar-refractivity contribution in [2.45, 2.75) is 45.1 Å². The summed E-state index contributed by atoms with van der Waals surface area (Å²) in [4.78, 5) is 25.0. The second-order valence-electron chi connectivity index (χ2n) is 8.62. The maximum atomic E-state index is 12.8. The molecule has 0 spiro atoms. The van der Waals surface area contributed by atoms with Crippen LogP contribution in [0.5, 0.6) is 0 Å². The second-order valence-corrected chi connectivity index (χ2v) is 8.62. The van der Waals surface area contributed by atoms with E-state index in [0.29, 0.717) is 32.5 Å². The zero-order chi connectivity index (χ0) is 21.8. The molecule has 5 rings (SSSR count). The highest BCUT2D eigenvalue weighted by atomic mass is 19.4. The van der Waals surface area contributed by atoms with Crippen LogP contribution in [0.25, 0.3) is 0 Å². The molecule has 0 aliphatic carbocycles. The lowest BCUT2D eigenvalue weighted by Crippen LogP contribution is -2.45. The van der Waals surface area contributed by atoms with E-state index < -0.39 is 12.7 Å². The molecule has 1 fully saturated rings. The predicted molar refractivity (Wildman–Crippen MR) is 110 cm³/mol. The highest BCUT2D eigenvalue weighted by Crippen LogP contribution is 2.32. The summed E-state index contributed by atoms with van der Waals surface area (Å²) in [6.07, 6.45) is -1.57. The Morgan fingerprint density at radius 2 is 2.00 bits per heavy atom. The number of carbonyl (C=O) groups is 1. The number of rotatable bonds is 3. The third kappa shape index (κ3) is 3.96. The third-order valence-corrected chi connectivity index (χ3v) is 6.35. The largest absolute Gasteiger partial charge is 0.401 e. The van der Waals surface area contributed by atoms with Crippen LogP contribution in [0.1, 0.15) is 39.9 Å². The molecule has 1 aromatic heterocycles. The topological polar surface area (TPSA) is 48.8 Å². The van der Waals surface area contributed by atoms with Gasteiger partial charge in [0.2, 0.25) is 5.91 Å². The number of likely N-dealkylation sites (tertiary alicyclic amines) is 1. The molecule has 0 bridgehead atoms. The van der Waals surface area contributed by atoms with E-state index in [4.69, 9.17) is 4.99 Å². The molecule has 8 heteroatoms. The number of hydrogen-bond donors (Lipinski definition) is 0. The predicted octanol–water partition coefficient (Wildman–Crippen LogP) is 3.26. The fourth-order valence-corrected chi connectivity index (χ4v) is 4.93. The third-order valence-electron chi connectivity index (χ3n) is 6.35. The molecule has 1 aromatic carbocycles. The summed E-state index contributed by atoms with van der Waals surface area (Å²) in [6, 6.07) is 7.98. The first-order valence-electron chi connectivity index (χ1n) is 10.5. The number of aromatic nitrogens is 1. The molecule has 0 unspecified atom stereocenters. The van der Waals surface area contributed by atoms with Crippen molar-refractivity contribution in [1.29, 1.82) is 0 Å². The lowest BCUT2D eigenvalue weighted by atomic mass is 9.90. The molecule has 0 N–H and O–H groups in total. The van der Waals surface area contributed by atoms with Gasteiger partial charge in [-0.2, -0.15) is 13.2 Å². The van der Waals surface area contributed by atoms with Gasteiger partial charge in [0.05, 0.1) is 25.2 Å². The quantitative estimate of drug-likeness (QED) is 0.754. The number of nitrogens with zero attached hydrogens (tertiary/aromatic N) is 4. The van der Waals surface area contributed by atoms with Gasteiger partial charge in [-0.15, -0.1) is 0 Å². The maximum absolute atomic E-state index is 12.8.